The SMILES string of the molecule is Cc1ccc(C)c(-n2nc(-c3cccs3)cc2C(=O)N2CCN(C(c3ccccc3)c3ccccc3)CC2)c1. The van der Waals surface area contributed by atoms with Crippen molar-refractivity contribution in [1.29, 1.82) is 0 Å². The number of nitrogens with zero attached hydrogens (tertiary/aromatic N) is 4. The molecule has 0 atom stereocenters. The number of aryl methyl sites for hydroxylation is 2. The van der Waals surface area contributed by atoms with Gasteiger partial charge in [-0.3, -0.25) is 9.69 Å². The van der Waals surface area contributed by atoms with Crippen molar-refractivity contribution >= 4 is 17.2 Å². The van der Waals surface area contributed by atoms with E-state index in [2.05, 4.69) is 104 Å². The second kappa shape index (κ2) is 11.0. The molecule has 0 spiro atoms. The molecule has 1 fully saturated rings. The molecular formula is C33H32N4OS. The molecule has 6 rings (SSSR count). The number of benzene rings is 3. The molecule has 1 aliphatic heterocycles. The maximum Gasteiger partial charge on any atom is 0.272 e. The van der Waals surface area contributed by atoms with E-state index in [9.17, 15) is 4.79 Å². The number of piperazine rings is 1. The summed E-state index contributed by atoms with van der Waals surface area (Å²) >= 11 is 1.64. The van der Waals surface area contributed by atoms with Crippen LogP contribution < -0.4 is 0 Å². The maximum absolute atomic E-state index is 14.0. The van der Waals surface area contributed by atoms with Crippen molar-refractivity contribution in [2.45, 2.75) is 19.9 Å². The summed E-state index contributed by atoms with van der Waals surface area (Å²) in [4.78, 5) is 19.6. The summed E-state index contributed by atoms with van der Waals surface area (Å²) in [6, 6.07) is 33.8. The molecule has 5 nitrogen and oxygen atoms in total. The van der Waals surface area contributed by atoms with Gasteiger partial charge in [0, 0.05) is 26.2 Å². The van der Waals surface area contributed by atoms with Gasteiger partial charge in [0.25, 0.3) is 5.91 Å². The molecule has 0 radical (unpaired) electrons. The normalized spacial score (nSPS) is 14.2. The average Bonchev–Trinajstić information content (AvgIpc) is 3.67. The van der Waals surface area contributed by atoms with E-state index < -0.39 is 0 Å². The fraction of sp³-hybridized carbons (Fsp3) is 0.212. The van der Waals surface area contributed by atoms with Crippen LogP contribution in [0.4, 0.5) is 0 Å². The molecule has 3 heterocycles. The van der Waals surface area contributed by atoms with Crippen molar-refractivity contribution in [2.75, 3.05) is 26.2 Å². The van der Waals surface area contributed by atoms with Gasteiger partial charge in [0.15, 0.2) is 0 Å². The molecule has 3 aromatic carbocycles. The van der Waals surface area contributed by atoms with Gasteiger partial charge in [0.1, 0.15) is 11.4 Å². The highest BCUT2D eigenvalue weighted by Crippen LogP contribution is 2.31. The third-order valence-corrected chi connectivity index (χ3v) is 8.38. The zero-order valence-electron chi connectivity index (χ0n) is 22.3. The minimum absolute atomic E-state index is 0.0295. The minimum atomic E-state index is 0.0295. The number of aromatic nitrogens is 2. The standard InChI is InChI=1S/C33H32N4OS/c1-24-15-16-25(2)29(22-24)37-30(23-28(34-37)31-14-9-21-39-31)33(38)36-19-17-35(18-20-36)32(26-10-5-3-6-11-26)27-12-7-4-8-13-27/h3-16,21-23,32H,17-20H2,1-2H3. The third kappa shape index (κ3) is 5.18. The van der Waals surface area contributed by atoms with Crippen molar-refractivity contribution in [1.82, 2.24) is 19.6 Å². The summed E-state index contributed by atoms with van der Waals surface area (Å²) < 4.78 is 1.85. The van der Waals surface area contributed by atoms with Crippen LogP contribution in [0.2, 0.25) is 0 Å². The molecule has 6 heteroatoms. The Kier molecular flexibility index (Phi) is 7.14. The first-order valence-electron chi connectivity index (χ1n) is 13.4. The number of carbonyl (C=O) groups is 1. The molecule has 0 unspecified atom stereocenters. The molecule has 2 aromatic heterocycles. The van der Waals surface area contributed by atoms with E-state index in [0.29, 0.717) is 18.8 Å². The van der Waals surface area contributed by atoms with Gasteiger partial charge in [-0.05, 0) is 59.7 Å². The van der Waals surface area contributed by atoms with Crippen molar-refractivity contribution in [2.24, 2.45) is 0 Å². The topological polar surface area (TPSA) is 41.4 Å². The lowest BCUT2D eigenvalue weighted by molar-refractivity contribution is 0.0588. The monoisotopic (exact) mass is 532 g/mol. The fourth-order valence-corrected chi connectivity index (χ4v) is 6.12. The van der Waals surface area contributed by atoms with Crippen LogP contribution in [0.25, 0.3) is 16.3 Å². The van der Waals surface area contributed by atoms with E-state index in [1.165, 1.54) is 11.1 Å². The highest BCUT2D eigenvalue weighted by molar-refractivity contribution is 7.13. The Morgan fingerprint density at radius 2 is 1.46 bits per heavy atom. The summed E-state index contributed by atoms with van der Waals surface area (Å²) in [6.07, 6.45) is 0. The molecule has 1 aliphatic rings. The molecule has 0 N–H and O–H groups in total. The van der Waals surface area contributed by atoms with Gasteiger partial charge in [0.05, 0.1) is 16.6 Å². The van der Waals surface area contributed by atoms with E-state index in [4.69, 9.17) is 5.10 Å². The highest BCUT2D eigenvalue weighted by atomic mass is 32.1. The van der Waals surface area contributed by atoms with E-state index in [1.807, 2.05) is 27.1 Å². The first-order chi connectivity index (χ1) is 19.1. The Bertz CT molecular complexity index is 1510. The first-order valence-corrected chi connectivity index (χ1v) is 14.3. The number of hydrogen-bond acceptors (Lipinski definition) is 4. The van der Waals surface area contributed by atoms with Gasteiger partial charge in [0.2, 0.25) is 0 Å². The van der Waals surface area contributed by atoms with Gasteiger partial charge in [-0.25, -0.2) is 4.68 Å². The van der Waals surface area contributed by atoms with Gasteiger partial charge in [-0.1, -0.05) is 78.9 Å². The minimum Gasteiger partial charge on any atom is -0.335 e. The predicted octanol–water partition coefficient (Wildman–Crippen LogP) is 6.77. The molecular weight excluding hydrogens is 500 g/mol. The van der Waals surface area contributed by atoms with Crippen LogP contribution in [0, 0.1) is 13.8 Å². The Morgan fingerprint density at radius 3 is 2.08 bits per heavy atom. The maximum atomic E-state index is 14.0. The Hall–Kier alpha value is -4.00. The van der Waals surface area contributed by atoms with Crippen molar-refractivity contribution in [3.63, 3.8) is 0 Å². The number of carbonyl (C=O) groups excluding carboxylic acids is 1. The third-order valence-electron chi connectivity index (χ3n) is 7.49. The van der Waals surface area contributed by atoms with Crippen LogP contribution in [0.5, 0.6) is 0 Å². The van der Waals surface area contributed by atoms with Crippen molar-refractivity contribution < 1.29 is 4.79 Å². The average molecular weight is 533 g/mol. The first kappa shape index (κ1) is 25.3. The van der Waals surface area contributed by atoms with Crippen LogP contribution in [0.15, 0.2) is 102 Å². The van der Waals surface area contributed by atoms with Crippen LogP contribution in [-0.4, -0.2) is 51.7 Å². The van der Waals surface area contributed by atoms with Gasteiger partial charge in [-0.2, -0.15) is 5.10 Å². The number of amides is 1. The van der Waals surface area contributed by atoms with Crippen molar-refractivity contribution in [3.05, 3.63) is 130 Å². The van der Waals surface area contributed by atoms with Gasteiger partial charge < -0.3 is 4.90 Å². The summed E-state index contributed by atoms with van der Waals surface area (Å²) in [7, 11) is 0. The molecule has 5 aromatic rings. The van der Waals surface area contributed by atoms with Crippen molar-refractivity contribution in [3.8, 4) is 16.3 Å². The largest absolute Gasteiger partial charge is 0.335 e. The van der Waals surface area contributed by atoms with E-state index in [1.54, 1.807) is 11.3 Å². The van der Waals surface area contributed by atoms with E-state index >= 15 is 0 Å². The summed E-state index contributed by atoms with van der Waals surface area (Å²) in [5, 5.41) is 6.98. The lowest BCUT2D eigenvalue weighted by atomic mass is 9.96. The smallest absolute Gasteiger partial charge is 0.272 e. The molecule has 1 saturated heterocycles. The molecule has 0 bridgehead atoms. The highest BCUT2D eigenvalue weighted by Gasteiger charge is 2.30. The number of rotatable bonds is 6. The van der Waals surface area contributed by atoms with E-state index in [-0.39, 0.29) is 11.9 Å². The Balaban J connectivity index is 1.28. The summed E-state index contributed by atoms with van der Waals surface area (Å²) in [6.45, 7) is 7.08. The van der Waals surface area contributed by atoms with E-state index in [0.717, 1.165) is 40.5 Å². The zero-order valence-corrected chi connectivity index (χ0v) is 23.1. The lowest BCUT2D eigenvalue weighted by Gasteiger charge is -2.39. The molecule has 1 amide bonds. The van der Waals surface area contributed by atoms with Gasteiger partial charge in [-0.15, -0.1) is 11.3 Å². The molecule has 39 heavy (non-hydrogen) atoms. The van der Waals surface area contributed by atoms with Gasteiger partial charge >= 0.3 is 0 Å². The Labute approximate surface area is 234 Å². The van der Waals surface area contributed by atoms with Crippen LogP contribution in [-0.2, 0) is 0 Å². The number of hydrogen-bond donors (Lipinski definition) is 0. The predicted molar refractivity (Wildman–Crippen MR) is 159 cm³/mol. The zero-order chi connectivity index (χ0) is 26.8. The fourth-order valence-electron chi connectivity index (χ4n) is 5.44. The Morgan fingerprint density at radius 1 is 0.795 bits per heavy atom. The second-order valence-corrected chi connectivity index (χ2v) is 11.1. The van der Waals surface area contributed by atoms with Crippen LogP contribution in [0.1, 0.15) is 38.8 Å². The molecule has 0 saturated carbocycles. The summed E-state index contributed by atoms with van der Waals surface area (Å²) in [5.41, 5.74) is 7.18. The van der Waals surface area contributed by atoms with Crippen LogP contribution >= 0.6 is 11.3 Å². The number of thiophene rings is 1. The summed E-state index contributed by atoms with van der Waals surface area (Å²) in [5.74, 6) is 0.0295. The second-order valence-electron chi connectivity index (χ2n) is 10.1. The lowest BCUT2D eigenvalue weighted by Crippen LogP contribution is -2.50. The quantitative estimate of drug-likeness (QED) is 0.242. The molecule has 0 aliphatic carbocycles. The molecule has 196 valence electrons. The van der Waals surface area contributed by atoms with Crippen LogP contribution in [0.3, 0.4) is 0 Å².